The average molecular weight is 387 g/mol. The van der Waals surface area contributed by atoms with Crippen molar-refractivity contribution < 1.29 is 9.18 Å². The summed E-state index contributed by atoms with van der Waals surface area (Å²) < 4.78 is 16.0. The van der Waals surface area contributed by atoms with Crippen LogP contribution < -0.4 is 5.32 Å². The number of aromatic nitrogens is 2. The van der Waals surface area contributed by atoms with Crippen LogP contribution in [-0.4, -0.2) is 15.3 Å². The molecule has 0 aliphatic heterocycles. The molecular formula is C24H22FN3O. The van der Waals surface area contributed by atoms with Crippen molar-refractivity contribution in [3.8, 4) is 0 Å². The molecule has 0 radical (unpaired) electrons. The van der Waals surface area contributed by atoms with E-state index in [0.717, 1.165) is 28.2 Å². The van der Waals surface area contributed by atoms with E-state index in [1.165, 1.54) is 12.1 Å². The van der Waals surface area contributed by atoms with Crippen LogP contribution >= 0.6 is 0 Å². The second kappa shape index (κ2) is 8.27. The normalized spacial score (nSPS) is 12.1. The fourth-order valence-electron chi connectivity index (χ4n) is 3.65. The van der Waals surface area contributed by atoms with Crippen molar-refractivity contribution in [2.24, 2.45) is 0 Å². The maximum absolute atomic E-state index is 13.9. The Morgan fingerprint density at radius 3 is 2.66 bits per heavy atom. The van der Waals surface area contributed by atoms with E-state index in [1.54, 1.807) is 12.3 Å². The average Bonchev–Trinajstić information content (AvgIpc) is 3.16. The molecule has 2 aromatic carbocycles. The summed E-state index contributed by atoms with van der Waals surface area (Å²) in [6, 6.07) is 22.1. The first-order valence-corrected chi connectivity index (χ1v) is 9.61. The van der Waals surface area contributed by atoms with Crippen LogP contribution in [0.1, 0.15) is 34.9 Å². The number of fused-ring (bicyclic) bond motifs is 1. The Hall–Kier alpha value is -3.47. The lowest BCUT2D eigenvalue weighted by Crippen LogP contribution is -2.25. The molecular weight excluding hydrogens is 365 g/mol. The molecule has 146 valence electrons. The number of imidazole rings is 1. The second-order valence-corrected chi connectivity index (χ2v) is 7.12. The van der Waals surface area contributed by atoms with E-state index in [4.69, 9.17) is 0 Å². The lowest BCUT2D eigenvalue weighted by atomic mass is 9.92. The third-order valence-corrected chi connectivity index (χ3v) is 5.08. The van der Waals surface area contributed by atoms with Crippen molar-refractivity contribution in [3.05, 3.63) is 107 Å². The number of pyridine rings is 1. The van der Waals surface area contributed by atoms with E-state index >= 15 is 0 Å². The van der Waals surface area contributed by atoms with Crippen LogP contribution in [0.15, 0.2) is 79.0 Å². The smallest absolute Gasteiger partial charge is 0.221 e. The summed E-state index contributed by atoms with van der Waals surface area (Å²) in [7, 11) is 0. The summed E-state index contributed by atoms with van der Waals surface area (Å²) in [6.07, 6.45) is 1.99. The van der Waals surface area contributed by atoms with Gasteiger partial charge in [-0.25, -0.2) is 9.37 Å². The number of halogens is 1. The van der Waals surface area contributed by atoms with Crippen LogP contribution in [0.2, 0.25) is 0 Å². The predicted molar refractivity (Wildman–Crippen MR) is 111 cm³/mol. The monoisotopic (exact) mass is 387 g/mol. The van der Waals surface area contributed by atoms with Crippen LogP contribution in [0, 0.1) is 12.7 Å². The summed E-state index contributed by atoms with van der Waals surface area (Å²) in [5.41, 5.74) is 4.49. The number of carbonyl (C=O) groups excluding carboxylic acids is 1. The molecule has 4 nitrogen and oxygen atoms in total. The number of nitrogens with one attached hydrogen (secondary N) is 1. The number of hydrogen-bond donors (Lipinski definition) is 1. The molecule has 0 aliphatic rings. The maximum atomic E-state index is 13.9. The number of nitrogens with zero attached hydrogens (tertiary/aromatic N) is 2. The van der Waals surface area contributed by atoms with Gasteiger partial charge in [0.05, 0.1) is 5.69 Å². The highest BCUT2D eigenvalue weighted by molar-refractivity contribution is 5.77. The third kappa shape index (κ3) is 4.19. The third-order valence-electron chi connectivity index (χ3n) is 5.08. The molecule has 4 aromatic rings. The lowest BCUT2D eigenvalue weighted by molar-refractivity contribution is -0.121. The largest absolute Gasteiger partial charge is 0.352 e. The number of benzene rings is 2. The highest BCUT2D eigenvalue weighted by Crippen LogP contribution is 2.30. The minimum absolute atomic E-state index is 0.0911. The Kier molecular flexibility index (Phi) is 5.38. The zero-order valence-corrected chi connectivity index (χ0v) is 16.2. The molecule has 29 heavy (non-hydrogen) atoms. The molecule has 1 unspecified atom stereocenters. The van der Waals surface area contributed by atoms with Gasteiger partial charge in [-0.3, -0.25) is 4.79 Å². The quantitative estimate of drug-likeness (QED) is 0.525. The zero-order chi connectivity index (χ0) is 20.2. The molecule has 4 rings (SSSR count). The Labute approximate surface area is 169 Å². The molecule has 2 heterocycles. The van der Waals surface area contributed by atoms with Gasteiger partial charge in [0.15, 0.2) is 0 Å². The van der Waals surface area contributed by atoms with E-state index in [9.17, 15) is 9.18 Å². The van der Waals surface area contributed by atoms with Gasteiger partial charge in [0.2, 0.25) is 5.91 Å². The van der Waals surface area contributed by atoms with E-state index in [-0.39, 0.29) is 24.1 Å². The second-order valence-electron chi connectivity index (χ2n) is 7.12. The van der Waals surface area contributed by atoms with Gasteiger partial charge in [0, 0.05) is 30.8 Å². The standard InChI is InChI=1S/C24H22FN3O/c1-17-7-5-12-23-26-16-22(28(17)23)21(19-10-6-11-20(25)13-19)14-24(29)27-15-18-8-3-2-4-9-18/h2-13,16,21H,14-15H2,1H3,(H,27,29). The lowest BCUT2D eigenvalue weighted by Gasteiger charge is -2.18. The number of rotatable bonds is 6. The van der Waals surface area contributed by atoms with Gasteiger partial charge in [-0.15, -0.1) is 0 Å². The topological polar surface area (TPSA) is 46.4 Å². The van der Waals surface area contributed by atoms with Crippen LogP contribution in [-0.2, 0) is 11.3 Å². The van der Waals surface area contributed by atoms with Gasteiger partial charge in [0.25, 0.3) is 0 Å². The molecule has 5 heteroatoms. The molecule has 1 amide bonds. The summed E-state index contributed by atoms with van der Waals surface area (Å²) in [5, 5.41) is 2.98. The minimum atomic E-state index is -0.317. The van der Waals surface area contributed by atoms with E-state index in [1.807, 2.05) is 65.9 Å². The maximum Gasteiger partial charge on any atom is 0.221 e. The van der Waals surface area contributed by atoms with Crippen LogP contribution in [0.25, 0.3) is 5.65 Å². The fraction of sp³-hybridized carbons (Fsp3) is 0.167. The van der Waals surface area contributed by atoms with E-state index in [2.05, 4.69) is 10.3 Å². The Morgan fingerprint density at radius 1 is 1.07 bits per heavy atom. The minimum Gasteiger partial charge on any atom is -0.352 e. The number of carbonyl (C=O) groups is 1. The summed E-state index contributed by atoms with van der Waals surface area (Å²) >= 11 is 0. The Balaban J connectivity index is 1.65. The van der Waals surface area contributed by atoms with Crippen molar-refractivity contribution in [2.75, 3.05) is 0 Å². The Morgan fingerprint density at radius 2 is 1.86 bits per heavy atom. The van der Waals surface area contributed by atoms with Crippen molar-refractivity contribution in [1.29, 1.82) is 0 Å². The van der Waals surface area contributed by atoms with Gasteiger partial charge in [-0.05, 0) is 42.3 Å². The summed E-state index contributed by atoms with van der Waals surface area (Å²) in [6.45, 7) is 2.46. The van der Waals surface area contributed by atoms with Crippen molar-refractivity contribution in [2.45, 2.75) is 25.8 Å². The SMILES string of the molecule is Cc1cccc2ncc(C(CC(=O)NCc3ccccc3)c3cccc(F)c3)n12. The molecule has 2 aromatic heterocycles. The molecule has 0 fully saturated rings. The fourth-order valence-corrected chi connectivity index (χ4v) is 3.65. The number of aryl methyl sites for hydroxylation is 1. The van der Waals surface area contributed by atoms with Crippen LogP contribution in [0.3, 0.4) is 0 Å². The van der Waals surface area contributed by atoms with Gasteiger partial charge in [-0.2, -0.15) is 0 Å². The van der Waals surface area contributed by atoms with Crippen LogP contribution in [0.5, 0.6) is 0 Å². The zero-order valence-electron chi connectivity index (χ0n) is 16.2. The molecule has 0 saturated heterocycles. The molecule has 1 N–H and O–H groups in total. The molecule has 0 spiro atoms. The van der Waals surface area contributed by atoms with E-state index in [0.29, 0.717) is 6.54 Å². The highest BCUT2D eigenvalue weighted by atomic mass is 19.1. The van der Waals surface area contributed by atoms with Crippen molar-refractivity contribution >= 4 is 11.6 Å². The summed E-state index contributed by atoms with van der Waals surface area (Å²) in [5.74, 6) is -0.716. The van der Waals surface area contributed by atoms with Gasteiger partial charge in [-0.1, -0.05) is 48.5 Å². The summed E-state index contributed by atoms with van der Waals surface area (Å²) in [4.78, 5) is 17.3. The van der Waals surface area contributed by atoms with Crippen molar-refractivity contribution in [3.63, 3.8) is 0 Å². The van der Waals surface area contributed by atoms with E-state index < -0.39 is 0 Å². The first-order valence-electron chi connectivity index (χ1n) is 9.61. The number of amides is 1. The van der Waals surface area contributed by atoms with Crippen LogP contribution in [0.4, 0.5) is 4.39 Å². The molecule has 1 atom stereocenters. The number of hydrogen-bond acceptors (Lipinski definition) is 2. The molecule has 0 saturated carbocycles. The molecule has 0 aliphatic carbocycles. The van der Waals surface area contributed by atoms with Gasteiger partial charge >= 0.3 is 0 Å². The first kappa shape index (κ1) is 18.9. The highest BCUT2D eigenvalue weighted by Gasteiger charge is 2.23. The van der Waals surface area contributed by atoms with Gasteiger partial charge < -0.3 is 9.72 Å². The predicted octanol–water partition coefficient (Wildman–Crippen LogP) is 4.62. The van der Waals surface area contributed by atoms with Crippen molar-refractivity contribution in [1.82, 2.24) is 14.7 Å². The van der Waals surface area contributed by atoms with Gasteiger partial charge in [0.1, 0.15) is 11.5 Å². The first-order chi connectivity index (χ1) is 14.1. The molecule has 0 bridgehead atoms. The Bertz CT molecular complexity index is 1140.